The topological polar surface area (TPSA) is 155 Å². The second-order valence-corrected chi connectivity index (χ2v) is 6.93. The number of para-hydroxylation sites is 1. The first-order chi connectivity index (χ1) is 14.5. The molecule has 0 aromatic heterocycles. The SMILES string of the molecule is COc1ccccc1CNc1ncn(C2O[C@H](CO)[C@@H](O)[C@H](O)[C@H]2O)c2ncnc1-2. The number of hydrogen-bond acceptors (Lipinski definition) is 10. The number of imidazole rings is 1. The number of aliphatic hydroxyl groups excluding tert-OH is 4. The smallest absolute Gasteiger partial charge is 0.167 e. The lowest BCUT2D eigenvalue weighted by molar-refractivity contribution is -0.251. The van der Waals surface area contributed by atoms with Gasteiger partial charge in [0.15, 0.2) is 23.6 Å². The van der Waals surface area contributed by atoms with Crippen molar-refractivity contribution >= 4 is 5.82 Å². The molecule has 3 heterocycles. The summed E-state index contributed by atoms with van der Waals surface area (Å²) in [6.45, 7) is -0.0904. The highest BCUT2D eigenvalue weighted by Crippen LogP contribution is 2.33. The van der Waals surface area contributed by atoms with E-state index in [4.69, 9.17) is 9.47 Å². The number of hydrogen-bond donors (Lipinski definition) is 5. The van der Waals surface area contributed by atoms with Crippen LogP contribution in [0.3, 0.4) is 0 Å². The molecule has 1 saturated heterocycles. The molecule has 160 valence electrons. The fourth-order valence-corrected chi connectivity index (χ4v) is 3.51. The zero-order valence-electron chi connectivity index (χ0n) is 16.2. The van der Waals surface area contributed by atoms with Gasteiger partial charge in [0.05, 0.1) is 13.7 Å². The first kappa shape index (κ1) is 20.4. The molecule has 1 unspecified atom stereocenters. The van der Waals surface area contributed by atoms with Crippen LogP contribution >= 0.6 is 0 Å². The molecule has 3 aliphatic rings. The summed E-state index contributed by atoms with van der Waals surface area (Å²) >= 11 is 0. The van der Waals surface area contributed by atoms with E-state index in [1.165, 1.54) is 17.2 Å². The first-order valence-corrected chi connectivity index (χ1v) is 9.39. The number of anilines is 1. The number of methoxy groups -OCH3 is 1. The molecule has 4 rings (SSSR count). The van der Waals surface area contributed by atoms with Crippen LogP contribution in [0.2, 0.25) is 0 Å². The lowest BCUT2D eigenvalue weighted by atomic mass is 9.98. The van der Waals surface area contributed by atoms with Crippen molar-refractivity contribution in [1.29, 1.82) is 0 Å². The van der Waals surface area contributed by atoms with Gasteiger partial charge in [0.1, 0.15) is 42.8 Å². The Bertz CT molecular complexity index is 966. The van der Waals surface area contributed by atoms with Crippen LogP contribution in [0.5, 0.6) is 5.75 Å². The maximum atomic E-state index is 10.4. The van der Waals surface area contributed by atoms with E-state index in [1.807, 2.05) is 24.3 Å². The second-order valence-electron chi connectivity index (χ2n) is 6.93. The minimum atomic E-state index is -1.50. The molecule has 30 heavy (non-hydrogen) atoms. The number of aliphatic hydroxyl groups is 4. The van der Waals surface area contributed by atoms with Crippen LogP contribution < -0.4 is 10.1 Å². The normalized spacial score (nSPS) is 26.6. The van der Waals surface area contributed by atoms with Crippen molar-refractivity contribution in [2.24, 2.45) is 0 Å². The average Bonchev–Trinajstić information content (AvgIpc) is 3.27. The van der Waals surface area contributed by atoms with Crippen molar-refractivity contribution < 1.29 is 29.9 Å². The monoisotopic (exact) mass is 417 g/mol. The van der Waals surface area contributed by atoms with Crippen molar-refractivity contribution in [2.75, 3.05) is 19.0 Å². The number of nitrogens with one attached hydrogen (secondary N) is 1. The molecule has 3 aliphatic heterocycles. The minimum Gasteiger partial charge on any atom is -0.496 e. The van der Waals surface area contributed by atoms with Crippen LogP contribution in [-0.4, -0.2) is 78.1 Å². The first-order valence-electron chi connectivity index (χ1n) is 9.39. The number of ether oxygens (including phenoxy) is 2. The lowest BCUT2D eigenvalue weighted by Gasteiger charge is -2.41. The van der Waals surface area contributed by atoms with Crippen molar-refractivity contribution in [1.82, 2.24) is 19.5 Å². The zero-order valence-corrected chi connectivity index (χ0v) is 16.2. The lowest BCUT2D eigenvalue weighted by Crippen LogP contribution is -2.56. The van der Waals surface area contributed by atoms with Gasteiger partial charge in [-0.2, -0.15) is 0 Å². The van der Waals surface area contributed by atoms with Crippen LogP contribution in [0.25, 0.3) is 11.5 Å². The van der Waals surface area contributed by atoms with E-state index in [9.17, 15) is 20.4 Å². The molecule has 0 spiro atoms. The molecule has 11 heteroatoms. The summed E-state index contributed by atoms with van der Waals surface area (Å²) in [6, 6.07) is 7.58. The Hall–Kier alpha value is -2.83. The molecule has 5 atom stereocenters. The van der Waals surface area contributed by atoms with E-state index in [0.717, 1.165) is 11.3 Å². The summed E-state index contributed by atoms with van der Waals surface area (Å²) in [6.07, 6.45) is -3.82. The standard InChI is InChI=1S/C19H23N5O6/c1-29-11-5-3-2-4-10(11)6-20-17-13-18(22-8-21-13)24(9-23-17)19-16(28)15(27)14(26)12(7-25)30-19/h2-5,8-9,12,14-16,19-20,25-28H,6-7H2,1H3/t12-,14-,15+,16-,19?/m1/s1. The van der Waals surface area contributed by atoms with E-state index < -0.39 is 37.3 Å². The van der Waals surface area contributed by atoms with Gasteiger partial charge in [-0.15, -0.1) is 0 Å². The Kier molecular flexibility index (Phi) is 5.79. The third-order valence-corrected chi connectivity index (χ3v) is 5.14. The fourth-order valence-electron chi connectivity index (χ4n) is 3.51. The molecule has 1 fully saturated rings. The molecule has 0 saturated carbocycles. The maximum Gasteiger partial charge on any atom is 0.167 e. The Morgan fingerprint density at radius 2 is 1.90 bits per heavy atom. The van der Waals surface area contributed by atoms with Crippen molar-refractivity contribution in [3.63, 3.8) is 0 Å². The summed E-state index contributed by atoms with van der Waals surface area (Å²) < 4.78 is 12.4. The van der Waals surface area contributed by atoms with Crippen LogP contribution in [0.15, 0.2) is 36.9 Å². The summed E-state index contributed by atoms with van der Waals surface area (Å²) in [5.74, 6) is 1.56. The van der Waals surface area contributed by atoms with Gasteiger partial charge in [-0.1, -0.05) is 18.2 Å². The van der Waals surface area contributed by atoms with E-state index in [0.29, 0.717) is 23.9 Å². The number of rotatable bonds is 6. The summed E-state index contributed by atoms with van der Waals surface area (Å²) in [7, 11) is 1.60. The Morgan fingerprint density at radius 3 is 2.67 bits per heavy atom. The molecular weight excluding hydrogens is 394 g/mol. The van der Waals surface area contributed by atoms with Crippen molar-refractivity contribution in [2.45, 2.75) is 37.2 Å². The van der Waals surface area contributed by atoms with Crippen LogP contribution in [0, 0.1) is 0 Å². The predicted molar refractivity (Wildman–Crippen MR) is 104 cm³/mol. The fraction of sp³-hybridized carbons (Fsp3) is 0.421. The third kappa shape index (κ3) is 3.57. The molecule has 1 aromatic rings. The quantitative estimate of drug-likeness (QED) is 0.350. The summed E-state index contributed by atoms with van der Waals surface area (Å²) in [5, 5.41) is 43.1. The number of fused-ring (bicyclic) bond motifs is 1. The van der Waals surface area contributed by atoms with Gasteiger partial charge in [0.2, 0.25) is 0 Å². The molecule has 0 amide bonds. The zero-order chi connectivity index (χ0) is 21.3. The summed E-state index contributed by atoms with van der Waals surface area (Å²) in [4.78, 5) is 12.8. The van der Waals surface area contributed by atoms with E-state index in [-0.39, 0.29) is 0 Å². The Morgan fingerprint density at radius 1 is 1.10 bits per heavy atom. The summed E-state index contributed by atoms with van der Waals surface area (Å²) in [5.41, 5.74) is 1.37. The molecule has 0 aliphatic carbocycles. The Labute approximate surface area is 171 Å². The maximum absolute atomic E-state index is 10.4. The average molecular weight is 417 g/mol. The van der Waals surface area contributed by atoms with E-state index in [2.05, 4.69) is 20.3 Å². The van der Waals surface area contributed by atoms with Gasteiger partial charge in [0.25, 0.3) is 0 Å². The van der Waals surface area contributed by atoms with Gasteiger partial charge in [0, 0.05) is 12.1 Å². The van der Waals surface area contributed by atoms with Crippen LogP contribution in [0.4, 0.5) is 5.82 Å². The van der Waals surface area contributed by atoms with E-state index in [1.54, 1.807) is 7.11 Å². The highest BCUT2D eigenvalue weighted by Gasteiger charge is 2.45. The van der Waals surface area contributed by atoms with Crippen molar-refractivity contribution in [3.05, 3.63) is 42.5 Å². The van der Waals surface area contributed by atoms with Gasteiger partial charge in [-0.25, -0.2) is 15.0 Å². The molecule has 0 radical (unpaired) electrons. The molecule has 0 bridgehead atoms. The molecular formula is C19H23N5O6. The Balaban J connectivity index is 1.61. The highest BCUT2D eigenvalue weighted by atomic mass is 16.6. The largest absolute Gasteiger partial charge is 0.496 e. The molecule has 11 nitrogen and oxygen atoms in total. The minimum absolute atomic E-state index is 0.358. The predicted octanol–water partition coefficient (Wildman–Crippen LogP) is -0.629. The van der Waals surface area contributed by atoms with Crippen LogP contribution in [-0.2, 0) is 11.3 Å². The van der Waals surface area contributed by atoms with Gasteiger partial charge in [-0.05, 0) is 6.07 Å². The third-order valence-electron chi connectivity index (χ3n) is 5.14. The number of benzene rings is 1. The van der Waals surface area contributed by atoms with Crippen LogP contribution in [0.1, 0.15) is 11.8 Å². The van der Waals surface area contributed by atoms with E-state index >= 15 is 0 Å². The molecule has 1 aromatic carbocycles. The van der Waals surface area contributed by atoms with Gasteiger partial charge < -0.3 is 35.2 Å². The van der Waals surface area contributed by atoms with Gasteiger partial charge in [-0.3, -0.25) is 4.57 Å². The number of aromatic nitrogens is 4. The van der Waals surface area contributed by atoms with Crippen molar-refractivity contribution in [3.8, 4) is 17.3 Å². The molecule has 5 N–H and O–H groups in total. The number of nitrogens with zero attached hydrogens (tertiary/aromatic N) is 4. The second kappa shape index (κ2) is 8.50. The van der Waals surface area contributed by atoms with Gasteiger partial charge >= 0.3 is 0 Å². The highest BCUT2D eigenvalue weighted by molar-refractivity contribution is 5.67.